The highest BCUT2D eigenvalue weighted by atomic mass is 32.2. The van der Waals surface area contributed by atoms with Gasteiger partial charge in [0.25, 0.3) is 0 Å². The van der Waals surface area contributed by atoms with Crippen LogP contribution in [-0.2, 0) is 16.0 Å². The maximum absolute atomic E-state index is 12.1. The number of rotatable bonds is 8. The van der Waals surface area contributed by atoms with E-state index in [0.29, 0.717) is 17.7 Å². The van der Waals surface area contributed by atoms with Crippen LogP contribution in [0.15, 0.2) is 73.3 Å². The molecule has 0 fully saturated rings. The van der Waals surface area contributed by atoms with Crippen LogP contribution in [0.5, 0.6) is 5.75 Å². The van der Waals surface area contributed by atoms with Crippen molar-refractivity contribution in [3.63, 3.8) is 0 Å². The quantitative estimate of drug-likeness (QED) is 0.334. The van der Waals surface area contributed by atoms with Crippen LogP contribution in [0.2, 0.25) is 0 Å². The third-order valence-corrected chi connectivity index (χ3v) is 4.29. The molecule has 0 aliphatic carbocycles. The van der Waals surface area contributed by atoms with Crippen LogP contribution in [0.4, 0.5) is 0 Å². The number of esters is 1. The fourth-order valence-electron chi connectivity index (χ4n) is 2.07. The van der Waals surface area contributed by atoms with Crippen LogP contribution in [0, 0.1) is 0 Å². The van der Waals surface area contributed by atoms with E-state index >= 15 is 0 Å². The second kappa shape index (κ2) is 9.63. The van der Waals surface area contributed by atoms with Gasteiger partial charge in [-0.3, -0.25) is 0 Å². The van der Waals surface area contributed by atoms with E-state index < -0.39 is 5.97 Å². The van der Waals surface area contributed by atoms with Gasteiger partial charge in [0.15, 0.2) is 5.44 Å². The van der Waals surface area contributed by atoms with Crippen LogP contribution in [-0.4, -0.2) is 22.3 Å². The number of carbonyl (C=O) groups excluding carboxylic acids is 1. The van der Waals surface area contributed by atoms with E-state index in [0.717, 1.165) is 5.56 Å². The van der Waals surface area contributed by atoms with E-state index in [9.17, 15) is 9.90 Å². The maximum atomic E-state index is 12.1. The molecule has 0 aromatic heterocycles. The zero-order valence-electron chi connectivity index (χ0n) is 13.3. The van der Waals surface area contributed by atoms with E-state index in [1.807, 2.05) is 30.3 Å². The molecule has 24 heavy (non-hydrogen) atoms. The Hall–Kier alpha value is -2.46. The maximum Gasteiger partial charge on any atom is 0.331 e. The van der Waals surface area contributed by atoms with Gasteiger partial charge in [0.1, 0.15) is 5.75 Å². The average molecular weight is 340 g/mol. The number of hydrogen-bond donors (Lipinski definition) is 1. The molecule has 0 saturated carbocycles. The number of para-hydroxylation sites is 1. The molecule has 1 N–H and O–H groups in total. The molecule has 0 bridgehead atoms. The van der Waals surface area contributed by atoms with Crippen LogP contribution in [0.1, 0.15) is 11.1 Å². The van der Waals surface area contributed by atoms with Crippen molar-refractivity contribution < 1.29 is 14.6 Å². The third-order valence-electron chi connectivity index (χ3n) is 3.23. The number of phenols is 1. The molecule has 4 heteroatoms. The van der Waals surface area contributed by atoms with Gasteiger partial charge in [-0.25, -0.2) is 4.79 Å². The number of benzene rings is 2. The topological polar surface area (TPSA) is 46.5 Å². The highest BCUT2D eigenvalue weighted by Crippen LogP contribution is 2.20. The molecule has 2 rings (SSSR count). The van der Waals surface area contributed by atoms with Crippen molar-refractivity contribution in [3.05, 3.63) is 84.5 Å². The lowest BCUT2D eigenvalue weighted by atomic mass is 10.2. The molecule has 0 saturated heterocycles. The Morgan fingerprint density at radius 2 is 1.88 bits per heavy atom. The summed E-state index contributed by atoms with van der Waals surface area (Å²) in [6, 6.07) is 16.7. The highest BCUT2D eigenvalue weighted by molar-refractivity contribution is 7.99. The van der Waals surface area contributed by atoms with Crippen molar-refractivity contribution >= 4 is 23.8 Å². The molecule has 0 spiro atoms. The van der Waals surface area contributed by atoms with Crippen molar-refractivity contribution in [2.75, 3.05) is 5.75 Å². The summed E-state index contributed by atoms with van der Waals surface area (Å²) in [4.78, 5) is 12.1. The third kappa shape index (κ3) is 5.97. The Morgan fingerprint density at radius 1 is 1.17 bits per heavy atom. The standard InChI is InChI=1S/C20H20O3S/c1-2-14-24-20(15-16-8-4-3-5-9-16)23-19(22)13-12-17-10-6-7-11-18(17)21/h2-13,20-21H,1,14-15H2/b13-12+. The highest BCUT2D eigenvalue weighted by Gasteiger charge is 2.13. The lowest BCUT2D eigenvalue weighted by molar-refractivity contribution is -0.139. The fraction of sp³-hybridized carbons (Fsp3) is 0.150. The summed E-state index contributed by atoms with van der Waals surface area (Å²) in [5, 5.41) is 9.70. The summed E-state index contributed by atoms with van der Waals surface area (Å²) >= 11 is 1.53. The lowest BCUT2D eigenvalue weighted by Gasteiger charge is -2.16. The molecule has 0 aliphatic rings. The van der Waals surface area contributed by atoms with Gasteiger partial charge in [0.05, 0.1) is 0 Å². The Labute approximate surface area is 146 Å². The van der Waals surface area contributed by atoms with E-state index in [1.165, 1.54) is 17.8 Å². The summed E-state index contributed by atoms with van der Waals surface area (Å²) in [6.07, 6.45) is 5.31. The molecule has 1 atom stereocenters. The summed E-state index contributed by atoms with van der Waals surface area (Å²) in [7, 11) is 0. The number of phenolic OH excluding ortho intramolecular Hbond substituents is 1. The summed E-state index contributed by atoms with van der Waals surface area (Å²) in [6.45, 7) is 3.70. The second-order valence-electron chi connectivity index (χ2n) is 5.07. The minimum absolute atomic E-state index is 0.128. The summed E-state index contributed by atoms with van der Waals surface area (Å²) < 4.78 is 5.53. The van der Waals surface area contributed by atoms with Crippen molar-refractivity contribution in [1.82, 2.24) is 0 Å². The molecule has 2 aromatic carbocycles. The molecule has 0 aliphatic heterocycles. The van der Waals surface area contributed by atoms with Crippen molar-refractivity contribution in [2.45, 2.75) is 11.9 Å². The lowest BCUT2D eigenvalue weighted by Crippen LogP contribution is -2.16. The monoisotopic (exact) mass is 340 g/mol. The van der Waals surface area contributed by atoms with Gasteiger partial charge in [-0.1, -0.05) is 54.6 Å². The number of ether oxygens (including phenoxy) is 1. The molecule has 2 aromatic rings. The summed E-state index contributed by atoms with van der Waals surface area (Å²) in [5.74, 6) is 0.396. The van der Waals surface area contributed by atoms with Crippen LogP contribution >= 0.6 is 11.8 Å². The van der Waals surface area contributed by atoms with E-state index in [2.05, 4.69) is 6.58 Å². The molecular weight excluding hydrogens is 320 g/mol. The van der Waals surface area contributed by atoms with E-state index in [4.69, 9.17) is 4.74 Å². The van der Waals surface area contributed by atoms with Gasteiger partial charge in [-0.2, -0.15) is 0 Å². The molecule has 124 valence electrons. The first-order valence-corrected chi connectivity index (χ1v) is 8.67. The molecule has 0 radical (unpaired) electrons. The van der Waals surface area contributed by atoms with Crippen molar-refractivity contribution in [3.8, 4) is 5.75 Å². The smallest absolute Gasteiger partial charge is 0.331 e. The van der Waals surface area contributed by atoms with Gasteiger partial charge < -0.3 is 9.84 Å². The first-order valence-electron chi connectivity index (χ1n) is 7.62. The minimum Gasteiger partial charge on any atom is -0.507 e. The molecular formula is C20H20O3S. The number of aromatic hydroxyl groups is 1. The predicted molar refractivity (Wildman–Crippen MR) is 99.8 cm³/mol. The Morgan fingerprint density at radius 3 is 2.58 bits per heavy atom. The Bertz CT molecular complexity index is 695. The van der Waals surface area contributed by atoms with Gasteiger partial charge in [-0.05, 0) is 17.7 Å². The first kappa shape index (κ1) is 17.9. The van der Waals surface area contributed by atoms with E-state index in [1.54, 1.807) is 36.4 Å². The number of hydrogen-bond acceptors (Lipinski definition) is 4. The average Bonchev–Trinajstić information content (AvgIpc) is 2.60. The molecule has 3 nitrogen and oxygen atoms in total. The van der Waals surface area contributed by atoms with Gasteiger partial charge in [0, 0.05) is 23.8 Å². The van der Waals surface area contributed by atoms with Gasteiger partial charge in [0.2, 0.25) is 0 Å². The molecule has 0 heterocycles. The van der Waals surface area contributed by atoms with Crippen molar-refractivity contribution in [1.29, 1.82) is 0 Å². The van der Waals surface area contributed by atoms with E-state index in [-0.39, 0.29) is 11.2 Å². The number of carbonyl (C=O) groups is 1. The number of thioether (sulfide) groups is 1. The Kier molecular flexibility index (Phi) is 7.18. The first-order chi connectivity index (χ1) is 11.7. The normalized spacial score (nSPS) is 12.0. The fourth-order valence-corrected chi connectivity index (χ4v) is 2.90. The zero-order valence-corrected chi connectivity index (χ0v) is 14.1. The van der Waals surface area contributed by atoms with Crippen molar-refractivity contribution in [2.24, 2.45) is 0 Å². The SMILES string of the molecule is C=CCSC(Cc1ccccc1)OC(=O)/C=C/c1ccccc1O. The van der Waals surface area contributed by atoms with Gasteiger partial charge >= 0.3 is 5.97 Å². The van der Waals surface area contributed by atoms with Crippen LogP contribution < -0.4 is 0 Å². The molecule has 1 unspecified atom stereocenters. The minimum atomic E-state index is -0.434. The predicted octanol–water partition coefficient (Wildman–Crippen LogP) is 4.44. The summed E-state index contributed by atoms with van der Waals surface area (Å²) in [5.41, 5.74) is 1.40. The van der Waals surface area contributed by atoms with Crippen LogP contribution in [0.3, 0.4) is 0 Å². The van der Waals surface area contributed by atoms with Gasteiger partial charge in [-0.15, -0.1) is 18.3 Å². The van der Waals surface area contributed by atoms with Crippen LogP contribution in [0.25, 0.3) is 6.08 Å². The largest absolute Gasteiger partial charge is 0.507 e. The Balaban J connectivity index is 1.98. The zero-order chi connectivity index (χ0) is 17.2. The molecule has 0 amide bonds. The second-order valence-corrected chi connectivity index (χ2v) is 6.26.